The van der Waals surface area contributed by atoms with Crippen molar-refractivity contribution in [2.45, 2.75) is 12.5 Å². The highest BCUT2D eigenvalue weighted by Gasteiger charge is 2.27. The fourth-order valence-electron chi connectivity index (χ4n) is 2.41. The van der Waals surface area contributed by atoms with Crippen LogP contribution in [0.1, 0.15) is 18.0 Å². The maximum atomic E-state index is 13.4. The average molecular weight is 255 g/mol. The minimum Gasteiger partial charge on any atom is -0.496 e. The quantitative estimate of drug-likeness (QED) is 0.894. The molecule has 94 valence electrons. The Morgan fingerprint density at radius 2 is 2.35 bits per heavy atom. The number of benzene rings is 1. The molecule has 1 fully saturated rings. The molecular weight excluding hydrogens is 237 g/mol. The van der Waals surface area contributed by atoms with Crippen LogP contribution in [-0.4, -0.2) is 25.7 Å². The number of methoxy groups -OCH3 is 1. The summed E-state index contributed by atoms with van der Waals surface area (Å²) in [6, 6.07) is 4.91. The van der Waals surface area contributed by atoms with Crippen LogP contribution in [0.25, 0.3) is 0 Å². The first-order chi connectivity index (χ1) is 8.26. The van der Waals surface area contributed by atoms with Gasteiger partial charge in [-0.1, -0.05) is 0 Å². The van der Waals surface area contributed by atoms with E-state index in [1.165, 1.54) is 18.2 Å². The highest BCUT2D eigenvalue weighted by atomic mass is 32.2. The van der Waals surface area contributed by atoms with Crippen LogP contribution in [0, 0.1) is 11.7 Å². The Bertz CT molecular complexity index is 380. The maximum Gasteiger partial charge on any atom is 0.123 e. The van der Waals surface area contributed by atoms with Gasteiger partial charge in [0, 0.05) is 11.6 Å². The zero-order chi connectivity index (χ0) is 12.3. The van der Waals surface area contributed by atoms with Crippen molar-refractivity contribution in [3.05, 3.63) is 29.6 Å². The molecular formula is C13H18FNOS. The molecule has 17 heavy (non-hydrogen) atoms. The van der Waals surface area contributed by atoms with Gasteiger partial charge >= 0.3 is 0 Å². The van der Waals surface area contributed by atoms with Crippen molar-refractivity contribution >= 4 is 11.8 Å². The van der Waals surface area contributed by atoms with Crippen molar-refractivity contribution in [2.24, 2.45) is 5.92 Å². The largest absolute Gasteiger partial charge is 0.496 e. The molecule has 0 bridgehead atoms. The molecule has 4 heteroatoms. The highest BCUT2D eigenvalue weighted by Crippen LogP contribution is 2.37. The van der Waals surface area contributed by atoms with Gasteiger partial charge in [-0.05, 0) is 49.1 Å². The van der Waals surface area contributed by atoms with Gasteiger partial charge in [0.2, 0.25) is 0 Å². The lowest BCUT2D eigenvalue weighted by molar-refractivity contribution is 0.372. The standard InChI is InChI=1S/C13H18FNOS/c1-15-13(9-5-6-17-8-9)11-7-10(14)3-4-12(11)16-2/h3-4,7,9,13,15H,5-6,8H2,1-2H3. The lowest BCUT2D eigenvalue weighted by Gasteiger charge is -2.24. The van der Waals surface area contributed by atoms with Gasteiger partial charge in [0.15, 0.2) is 0 Å². The van der Waals surface area contributed by atoms with Crippen LogP contribution in [0.2, 0.25) is 0 Å². The van der Waals surface area contributed by atoms with E-state index in [-0.39, 0.29) is 11.9 Å². The highest BCUT2D eigenvalue weighted by molar-refractivity contribution is 7.99. The summed E-state index contributed by atoms with van der Waals surface area (Å²) in [4.78, 5) is 0. The molecule has 1 saturated heterocycles. The molecule has 2 atom stereocenters. The molecule has 0 amide bonds. The minimum absolute atomic E-state index is 0.177. The van der Waals surface area contributed by atoms with Gasteiger partial charge in [-0.25, -0.2) is 4.39 Å². The van der Waals surface area contributed by atoms with E-state index in [1.807, 2.05) is 18.8 Å². The molecule has 0 saturated carbocycles. The molecule has 1 heterocycles. The average Bonchev–Trinajstić information content (AvgIpc) is 2.84. The monoisotopic (exact) mass is 255 g/mol. The molecule has 0 spiro atoms. The number of halogens is 1. The van der Waals surface area contributed by atoms with Gasteiger partial charge in [0.05, 0.1) is 7.11 Å². The molecule has 1 aliphatic heterocycles. The molecule has 1 aromatic carbocycles. The van der Waals surface area contributed by atoms with E-state index in [2.05, 4.69) is 5.32 Å². The summed E-state index contributed by atoms with van der Waals surface area (Å²) in [5, 5.41) is 3.30. The Morgan fingerprint density at radius 1 is 1.53 bits per heavy atom. The summed E-state index contributed by atoms with van der Waals surface area (Å²) in [6.07, 6.45) is 1.18. The van der Waals surface area contributed by atoms with Crippen LogP contribution in [-0.2, 0) is 0 Å². The topological polar surface area (TPSA) is 21.3 Å². The van der Waals surface area contributed by atoms with E-state index in [4.69, 9.17) is 4.74 Å². The van der Waals surface area contributed by atoms with E-state index in [1.54, 1.807) is 19.2 Å². The number of hydrogen-bond acceptors (Lipinski definition) is 3. The summed E-state index contributed by atoms with van der Waals surface area (Å²) >= 11 is 1.96. The molecule has 1 aliphatic rings. The van der Waals surface area contributed by atoms with E-state index >= 15 is 0 Å². The van der Waals surface area contributed by atoms with Gasteiger partial charge in [-0.15, -0.1) is 0 Å². The SMILES string of the molecule is CNC(c1cc(F)ccc1OC)C1CCSC1. The van der Waals surface area contributed by atoms with E-state index in [9.17, 15) is 4.39 Å². The summed E-state index contributed by atoms with van der Waals surface area (Å²) in [5.74, 6) is 3.45. The predicted octanol–water partition coefficient (Wildman–Crippen LogP) is 2.85. The van der Waals surface area contributed by atoms with Crippen molar-refractivity contribution in [1.29, 1.82) is 0 Å². The van der Waals surface area contributed by atoms with Crippen molar-refractivity contribution in [3.8, 4) is 5.75 Å². The summed E-state index contributed by atoms with van der Waals surface area (Å²) in [6.45, 7) is 0. The van der Waals surface area contributed by atoms with Crippen molar-refractivity contribution in [1.82, 2.24) is 5.32 Å². The zero-order valence-corrected chi connectivity index (χ0v) is 11.0. The van der Waals surface area contributed by atoms with E-state index in [0.717, 1.165) is 17.1 Å². The molecule has 0 aliphatic carbocycles. The summed E-state index contributed by atoms with van der Waals surface area (Å²) in [7, 11) is 3.56. The van der Waals surface area contributed by atoms with Gasteiger partial charge in [-0.3, -0.25) is 0 Å². The number of thioether (sulfide) groups is 1. The van der Waals surface area contributed by atoms with E-state index in [0.29, 0.717) is 5.92 Å². The van der Waals surface area contributed by atoms with Crippen molar-refractivity contribution < 1.29 is 9.13 Å². The predicted molar refractivity (Wildman–Crippen MR) is 70.2 cm³/mol. The molecule has 1 N–H and O–H groups in total. The lowest BCUT2D eigenvalue weighted by Crippen LogP contribution is -2.25. The Kier molecular flexibility index (Phi) is 4.29. The summed E-state index contributed by atoms with van der Waals surface area (Å²) in [5.41, 5.74) is 0.933. The Morgan fingerprint density at radius 3 is 2.94 bits per heavy atom. The van der Waals surface area contributed by atoms with Gasteiger partial charge in [0.1, 0.15) is 11.6 Å². The fourth-order valence-corrected chi connectivity index (χ4v) is 3.71. The van der Waals surface area contributed by atoms with Crippen LogP contribution < -0.4 is 10.1 Å². The van der Waals surface area contributed by atoms with Gasteiger partial charge in [-0.2, -0.15) is 11.8 Å². The maximum absolute atomic E-state index is 13.4. The van der Waals surface area contributed by atoms with Crippen LogP contribution in [0.3, 0.4) is 0 Å². The lowest BCUT2D eigenvalue weighted by atomic mass is 9.92. The van der Waals surface area contributed by atoms with Crippen LogP contribution >= 0.6 is 11.8 Å². The number of ether oxygens (including phenoxy) is 1. The van der Waals surface area contributed by atoms with Crippen molar-refractivity contribution in [3.63, 3.8) is 0 Å². The second kappa shape index (κ2) is 5.74. The first-order valence-corrected chi connectivity index (χ1v) is 7.00. The smallest absolute Gasteiger partial charge is 0.123 e. The number of hydrogen-bond donors (Lipinski definition) is 1. The third-order valence-corrected chi connectivity index (χ3v) is 4.46. The fraction of sp³-hybridized carbons (Fsp3) is 0.538. The third kappa shape index (κ3) is 2.75. The molecule has 2 nitrogen and oxygen atoms in total. The number of nitrogens with one attached hydrogen (secondary N) is 1. The van der Waals surface area contributed by atoms with Crippen LogP contribution in [0.4, 0.5) is 4.39 Å². The Balaban J connectivity index is 2.31. The molecule has 0 aromatic heterocycles. The normalized spacial score (nSPS) is 21.5. The Hall–Kier alpha value is -0.740. The number of rotatable bonds is 4. The van der Waals surface area contributed by atoms with Gasteiger partial charge in [0.25, 0.3) is 0 Å². The Labute approximate surface area is 106 Å². The third-order valence-electron chi connectivity index (χ3n) is 3.27. The van der Waals surface area contributed by atoms with Gasteiger partial charge < -0.3 is 10.1 Å². The molecule has 2 unspecified atom stereocenters. The molecule has 2 rings (SSSR count). The molecule has 1 aromatic rings. The zero-order valence-electron chi connectivity index (χ0n) is 10.2. The van der Waals surface area contributed by atoms with Crippen LogP contribution in [0.15, 0.2) is 18.2 Å². The second-order valence-electron chi connectivity index (χ2n) is 4.28. The first-order valence-electron chi connectivity index (χ1n) is 5.84. The second-order valence-corrected chi connectivity index (χ2v) is 5.43. The van der Waals surface area contributed by atoms with E-state index < -0.39 is 0 Å². The first kappa shape index (κ1) is 12.7. The van der Waals surface area contributed by atoms with Crippen molar-refractivity contribution in [2.75, 3.05) is 25.7 Å². The molecule has 0 radical (unpaired) electrons. The van der Waals surface area contributed by atoms with Crippen LogP contribution in [0.5, 0.6) is 5.75 Å². The minimum atomic E-state index is -0.202. The summed E-state index contributed by atoms with van der Waals surface area (Å²) < 4.78 is 18.7.